The lowest BCUT2D eigenvalue weighted by Crippen LogP contribution is -2.24. The fraction of sp³-hybridized carbons (Fsp3) is 0.545. The Morgan fingerprint density at radius 1 is 1.19 bits per heavy atom. The lowest BCUT2D eigenvalue weighted by atomic mass is 9.89. The minimum atomic E-state index is -3.55. The van der Waals surface area contributed by atoms with Crippen molar-refractivity contribution in [2.45, 2.75) is 62.4 Å². The molecule has 0 saturated heterocycles. The first kappa shape index (κ1) is 23.5. The summed E-state index contributed by atoms with van der Waals surface area (Å²) in [7, 11) is -2.06. The van der Waals surface area contributed by atoms with Crippen LogP contribution in [-0.4, -0.2) is 47.1 Å². The van der Waals surface area contributed by atoms with Crippen molar-refractivity contribution >= 4 is 38.5 Å². The van der Waals surface area contributed by atoms with Crippen molar-refractivity contribution in [3.8, 4) is 17.0 Å². The van der Waals surface area contributed by atoms with Gasteiger partial charge in [-0.25, -0.2) is 17.9 Å². The number of hydrogen-bond acceptors (Lipinski definition) is 7. The second-order valence-corrected chi connectivity index (χ2v) is 11.8. The van der Waals surface area contributed by atoms with Crippen molar-refractivity contribution in [1.82, 2.24) is 14.6 Å². The molecule has 2 aliphatic carbocycles. The first-order valence-corrected chi connectivity index (χ1v) is 13.3. The lowest BCUT2D eigenvalue weighted by Gasteiger charge is -2.25. The van der Waals surface area contributed by atoms with Crippen LogP contribution in [0, 0.1) is 12.8 Å². The Balaban J connectivity index is 0.00000245. The molecule has 2 aromatic heterocycles. The van der Waals surface area contributed by atoms with E-state index in [1.54, 1.807) is 23.5 Å². The number of imidazole rings is 1. The van der Waals surface area contributed by atoms with Crippen molar-refractivity contribution in [3.63, 3.8) is 0 Å². The van der Waals surface area contributed by atoms with Crippen LogP contribution in [0.3, 0.4) is 0 Å². The average molecular weight is 498 g/mol. The van der Waals surface area contributed by atoms with Gasteiger partial charge in [0, 0.05) is 11.5 Å². The third-order valence-corrected chi connectivity index (χ3v) is 9.33. The quantitative estimate of drug-likeness (QED) is 0.542. The number of fused-ring (bicyclic) bond motifs is 1. The van der Waals surface area contributed by atoms with Crippen LogP contribution in [0.4, 0.5) is 0 Å². The summed E-state index contributed by atoms with van der Waals surface area (Å²) in [6.45, 7) is 1.93. The van der Waals surface area contributed by atoms with Crippen LogP contribution in [0.1, 0.15) is 55.1 Å². The van der Waals surface area contributed by atoms with Gasteiger partial charge >= 0.3 is 0 Å². The summed E-state index contributed by atoms with van der Waals surface area (Å²) >= 11 is 1.62. The SMILES string of the molecule is COc1ccc(-c2c(C)nc3sc(C4CC4)nn23)cc1S(=O)(=O)CC1CCC(O)CC1.Cl. The molecule has 2 aliphatic rings. The first-order chi connectivity index (χ1) is 14.9. The molecule has 0 aliphatic heterocycles. The Morgan fingerprint density at radius 2 is 1.91 bits per heavy atom. The second-order valence-electron chi connectivity index (χ2n) is 8.78. The van der Waals surface area contributed by atoms with Crippen molar-refractivity contribution in [2.75, 3.05) is 12.9 Å². The Hall–Kier alpha value is -1.68. The Bertz CT molecular complexity index is 1230. The number of rotatable bonds is 6. The molecule has 32 heavy (non-hydrogen) atoms. The molecule has 2 heterocycles. The van der Waals surface area contributed by atoms with E-state index < -0.39 is 9.84 Å². The Morgan fingerprint density at radius 3 is 2.56 bits per heavy atom. The molecule has 2 fully saturated rings. The molecule has 10 heteroatoms. The van der Waals surface area contributed by atoms with Crippen LogP contribution in [0.25, 0.3) is 16.2 Å². The van der Waals surface area contributed by atoms with Crippen molar-refractivity contribution in [1.29, 1.82) is 0 Å². The van der Waals surface area contributed by atoms with Crippen LogP contribution in [-0.2, 0) is 9.84 Å². The number of benzene rings is 1. The fourth-order valence-electron chi connectivity index (χ4n) is 4.47. The van der Waals surface area contributed by atoms with Crippen molar-refractivity contribution in [2.24, 2.45) is 5.92 Å². The van der Waals surface area contributed by atoms with E-state index in [1.807, 2.05) is 17.5 Å². The van der Waals surface area contributed by atoms with E-state index >= 15 is 0 Å². The molecule has 2 saturated carbocycles. The molecule has 0 unspecified atom stereocenters. The molecule has 0 bridgehead atoms. The number of aliphatic hydroxyl groups is 1. The zero-order chi connectivity index (χ0) is 21.8. The van der Waals surface area contributed by atoms with Crippen LogP contribution in [0.2, 0.25) is 0 Å². The summed E-state index contributed by atoms with van der Waals surface area (Å²) in [6.07, 6.45) is 4.83. The van der Waals surface area contributed by atoms with E-state index in [4.69, 9.17) is 9.84 Å². The van der Waals surface area contributed by atoms with E-state index in [0.29, 0.717) is 24.5 Å². The third-order valence-electron chi connectivity index (χ3n) is 6.36. The van der Waals surface area contributed by atoms with Crippen molar-refractivity contribution in [3.05, 3.63) is 28.9 Å². The molecule has 174 valence electrons. The highest BCUT2D eigenvalue weighted by atomic mass is 35.5. The van der Waals surface area contributed by atoms with E-state index in [-0.39, 0.29) is 35.1 Å². The fourth-order valence-corrected chi connectivity index (χ4v) is 7.48. The smallest absolute Gasteiger partial charge is 0.212 e. The minimum Gasteiger partial charge on any atom is -0.495 e. The van der Waals surface area contributed by atoms with Crippen LogP contribution < -0.4 is 4.74 Å². The number of hydrogen-bond donors (Lipinski definition) is 1. The van der Waals surface area contributed by atoms with E-state index in [1.165, 1.54) is 20.0 Å². The van der Waals surface area contributed by atoms with Gasteiger partial charge in [-0.15, -0.1) is 12.4 Å². The maximum absolute atomic E-state index is 13.4. The molecule has 0 atom stereocenters. The highest BCUT2D eigenvalue weighted by Gasteiger charge is 2.30. The maximum atomic E-state index is 13.4. The average Bonchev–Trinajstić information content (AvgIpc) is 3.44. The van der Waals surface area contributed by atoms with Gasteiger partial charge in [-0.1, -0.05) is 11.3 Å². The standard InChI is InChI=1S/C22H27N3O4S2.ClH/c1-13-20(25-22(23-13)30-21(24-25)15-5-6-15)16-7-10-18(29-2)19(11-16)31(27,28)12-14-3-8-17(26)9-4-14;/h7,10-11,14-15,17,26H,3-6,8-9,12H2,1-2H3;1H. The van der Waals surface area contributed by atoms with Gasteiger partial charge in [-0.3, -0.25) is 0 Å². The summed E-state index contributed by atoms with van der Waals surface area (Å²) in [5.74, 6) is 1.03. The van der Waals surface area contributed by atoms with Gasteiger partial charge in [-0.2, -0.15) is 5.10 Å². The molecule has 7 nitrogen and oxygen atoms in total. The molecular weight excluding hydrogens is 470 g/mol. The molecule has 1 aromatic carbocycles. The van der Waals surface area contributed by atoms with E-state index in [2.05, 4.69) is 4.98 Å². The number of ether oxygens (including phenoxy) is 1. The zero-order valence-corrected chi connectivity index (χ0v) is 20.6. The number of aryl methyl sites for hydroxylation is 1. The molecule has 0 amide bonds. The van der Waals surface area contributed by atoms with Gasteiger partial charge in [0.2, 0.25) is 4.96 Å². The number of nitrogens with zero attached hydrogens (tertiary/aromatic N) is 3. The summed E-state index contributed by atoms with van der Waals surface area (Å²) in [4.78, 5) is 5.73. The lowest BCUT2D eigenvalue weighted by molar-refractivity contribution is 0.113. The minimum absolute atomic E-state index is 0. The van der Waals surface area contributed by atoms with Crippen LogP contribution in [0.5, 0.6) is 5.75 Å². The number of sulfone groups is 1. The van der Waals surface area contributed by atoms with Gasteiger partial charge in [0.25, 0.3) is 0 Å². The van der Waals surface area contributed by atoms with Gasteiger partial charge in [0.05, 0.1) is 30.4 Å². The predicted octanol–water partition coefficient (Wildman–Crippen LogP) is 4.40. The molecule has 5 rings (SSSR count). The monoisotopic (exact) mass is 497 g/mol. The maximum Gasteiger partial charge on any atom is 0.212 e. The van der Waals surface area contributed by atoms with Gasteiger partial charge in [-0.05, 0) is 69.6 Å². The predicted molar refractivity (Wildman–Crippen MR) is 127 cm³/mol. The molecular formula is C22H28ClN3O4S2. The zero-order valence-electron chi connectivity index (χ0n) is 18.2. The number of methoxy groups -OCH3 is 1. The normalized spacial score (nSPS) is 21.5. The summed E-state index contributed by atoms with van der Waals surface area (Å²) in [5.41, 5.74) is 2.44. The second kappa shape index (κ2) is 8.93. The van der Waals surface area contributed by atoms with Gasteiger partial charge < -0.3 is 9.84 Å². The summed E-state index contributed by atoms with van der Waals surface area (Å²) in [5, 5.41) is 15.6. The summed E-state index contributed by atoms with van der Waals surface area (Å²) < 4.78 is 34.0. The summed E-state index contributed by atoms with van der Waals surface area (Å²) in [6, 6.07) is 5.31. The van der Waals surface area contributed by atoms with Gasteiger partial charge in [0.15, 0.2) is 9.84 Å². The molecule has 0 spiro atoms. The van der Waals surface area contributed by atoms with Crippen molar-refractivity contribution < 1.29 is 18.3 Å². The van der Waals surface area contributed by atoms with E-state index in [0.717, 1.165) is 39.8 Å². The highest BCUT2D eigenvalue weighted by Crippen LogP contribution is 2.43. The largest absolute Gasteiger partial charge is 0.495 e. The highest BCUT2D eigenvalue weighted by molar-refractivity contribution is 7.91. The van der Waals surface area contributed by atoms with Crippen LogP contribution >= 0.6 is 23.7 Å². The van der Waals surface area contributed by atoms with E-state index in [9.17, 15) is 13.5 Å². The number of halogens is 1. The molecule has 3 aromatic rings. The molecule has 1 N–H and O–H groups in total. The molecule has 0 radical (unpaired) electrons. The number of aliphatic hydroxyl groups excluding tert-OH is 1. The van der Waals surface area contributed by atoms with Crippen LogP contribution in [0.15, 0.2) is 23.1 Å². The first-order valence-electron chi connectivity index (χ1n) is 10.8. The topological polar surface area (TPSA) is 93.8 Å². The Labute approximate surface area is 198 Å². The Kier molecular flexibility index (Phi) is 6.55. The third kappa shape index (κ3) is 4.40. The number of aromatic nitrogens is 3. The van der Waals surface area contributed by atoms with Gasteiger partial charge in [0.1, 0.15) is 15.7 Å².